The van der Waals surface area contributed by atoms with E-state index in [1.165, 1.54) is 0 Å². The fourth-order valence-electron chi connectivity index (χ4n) is 0.0707. The van der Waals surface area contributed by atoms with Gasteiger partial charge in [0.15, 0.2) is 0 Å². The molecule has 0 heterocycles. The minimum absolute atomic E-state index is 0.773. The Hall–Kier alpha value is -0.460. The molecule has 62 valence electrons. The van der Waals surface area contributed by atoms with Crippen molar-refractivity contribution in [3.05, 3.63) is 0 Å². The lowest BCUT2D eigenvalue weighted by Gasteiger charge is -1.81. The molecule has 0 aliphatic rings. The maximum Gasteiger partial charge on any atom is 0.299 e. The summed E-state index contributed by atoms with van der Waals surface area (Å²) in [5.41, 5.74) is 0.773. The normalized spacial score (nSPS) is 10.7. The molecule has 0 aromatic carbocycles. The van der Waals surface area contributed by atoms with Crippen LogP contribution in [-0.2, 0) is 11.4 Å². The quantitative estimate of drug-likeness (QED) is 0.236. The van der Waals surface area contributed by atoms with E-state index in [0.29, 0.717) is 0 Å². The van der Waals surface area contributed by atoms with Gasteiger partial charge in [-0.15, -0.1) is 0 Å². The number of rotatable bonds is 1. The Bertz CT molecular complexity index is 120. The average molecular weight is 169 g/mol. The van der Waals surface area contributed by atoms with Crippen LogP contribution in [0.25, 0.3) is 0 Å². The van der Waals surface area contributed by atoms with Crippen molar-refractivity contribution < 1.29 is 18.5 Å². The maximum absolute atomic E-state index is 8.67. The Balaban J connectivity index is 0. The lowest BCUT2D eigenvalue weighted by atomic mass is 10.3. The highest BCUT2D eigenvalue weighted by Gasteiger charge is 1.77. The summed E-state index contributed by atoms with van der Waals surface area (Å²) in [5, 5.41) is 10.8. The average Bonchev–Trinajstić information content (AvgIpc) is 1.85. The molecule has 0 atom stereocenters. The van der Waals surface area contributed by atoms with E-state index in [0.717, 1.165) is 12.1 Å². The summed E-state index contributed by atoms with van der Waals surface area (Å²) in [4.78, 5) is 0. The van der Waals surface area contributed by atoms with Gasteiger partial charge in [-0.05, 0) is 13.3 Å². The second-order valence-electron chi connectivity index (χ2n) is 1.42. The highest BCUT2D eigenvalue weighted by molar-refractivity contribution is 7.73. The minimum atomic E-state index is -2.61. The number of hydrogen-bond donors (Lipinski definition) is 3. The lowest BCUT2D eigenvalue weighted by Crippen LogP contribution is -1.83. The Morgan fingerprint density at radius 1 is 1.60 bits per heavy atom. The van der Waals surface area contributed by atoms with Crippen LogP contribution in [0.15, 0.2) is 5.16 Å². The fraction of sp³-hybridized carbons (Fsp3) is 0.750. The van der Waals surface area contributed by atoms with E-state index in [-0.39, 0.29) is 0 Å². The van der Waals surface area contributed by atoms with Crippen molar-refractivity contribution in [2.24, 2.45) is 5.16 Å². The van der Waals surface area contributed by atoms with Gasteiger partial charge < -0.3 is 5.21 Å². The lowest BCUT2D eigenvalue weighted by molar-refractivity contribution is 0.317. The molecule has 3 N–H and O–H groups in total. The monoisotopic (exact) mass is 169 g/mol. The molecular formula is C4H11NO4S. The van der Waals surface area contributed by atoms with Gasteiger partial charge in [0.1, 0.15) is 0 Å². The Morgan fingerprint density at radius 2 is 1.90 bits per heavy atom. The summed E-state index contributed by atoms with van der Waals surface area (Å²) in [6, 6.07) is 0. The predicted octanol–water partition coefficient (Wildman–Crippen LogP) is 0.928. The standard InChI is InChI=1S/C4H9NO.H2O3S/c1-3-4(2)5-6;1-4(2)3/h6H,3H2,1-2H3;(H2,1,2,3). The Morgan fingerprint density at radius 3 is 1.90 bits per heavy atom. The third-order valence-corrected chi connectivity index (χ3v) is 0.682. The first-order valence-corrected chi connectivity index (χ1v) is 3.58. The summed E-state index contributed by atoms with van der Waals surface area (Å²) in [6.07, 6.45) is 0.830. The van der Waals surface area contributed by atoms with Gasteiger partial charge in [0.25, 0.3) is 11.4 Å². The van der Waals surface area contributed by atoms with E-state index in [1.54, 1.807) is 6.92 Å². The molecule has 0 rings (SSSR count). The van der Waals surface area contributed by atoms with E-state index in [9.17, 15) is 0 Å². The first-order valence-electron chi connectivity index (χ1n) is 2.52. The molecule has 0 spiro atoms. The minimum Gasteiger partial charge on any atom is -0.411 e. The van der Waals surface area contributed by atoms with E-state index >= 15 is 0 Å². The molecule has 5 nitrogen and oxygen atoms in total. The zero-order valence-electron chi connectivity index (χ0n) is 5.81. The first-order chi connectivity index (χ1) is 4.54. The SMILES string of the molecule is CCC(C)=NO.O=S(O)O. The van der Waals surface area contributed by atoms with Crippen molar-refractivity contribution in [1.82, 2.24) is 0 Å². The van der Waals surface area contributed by atoms with Crippen molar-refractivity contribution in [3.63, 3.8) is 0 Å². The zero-order chi connectivity index (χ0) is 8.57. The molecule has 0 aliphatic carbocycles. The van der Waals surface area contributed by atoms with Crippen LogP contribution in [0, 0.1) is 0 Å². The van der Waals surface area contributed by atoms with Crippen LogP contribution in [0.2, 0.25) is 0 Å². The van der Waals surface area contributed by atoms with Crippen LogP contribution >= 0.6 is 0 Å². The van der Waals surface area contributed by atoms with Crippen molar-refractivity contribution in [3.8, 4) is 0 Å². The van der Waals surface area contributed by atoms with Crippen LogP contribution in [0.5, 0.6) is 0 Å². The number of oxime groups is 1. The Labute approximate surface area is 61.9 Å². The van der Waals surface area contributed by atoms with Crippen molar-refractivity contribution in [2.45, 2.75) is 20.3 Å². The fourth-order valence-corrected chi connectivity index (χ4v) is 0.0707. The first kappa shape index (κ1) is 12.2. The molecule has 0 amide bonds. The van der Waals surface area contributed by atoms with E-state index in [1.807, 2.05) is 6.92 Å². The summed E-state index contributed by atoms with van der Waals surface area (Å²) >= 11 is -2.61. The van der Waals surface area contributed by atoms with Gasteiger partial charge >= 0.3 is 0 Å². The highest BCUT2D eigenvalue weighted by Crippen LogP contribution is 1.78. The van der Waals surface area contributed by atoms with E-state index in [2.05, 4.69) is 5.16 Å². The molecular weight excluding hydrogens is 158 g/mol. The predicted molar refractivity (Wildman–Crippen MR) is 38.6 cm³/mol. The van der Waals surface area contributed by atoms with Crippen LogP contribution in [0.3, 0.4) is 0 Å². The molecule has 6 heteroatoms. The van der Waals surface area contributed by atoms with Crippen molar-refractivity contribution in [1.29, 1.82) is 0 Å². The second-order valence-corrected chi connectivity index (χ2v) is 1.88. The highest BCUT2D eigenvalue weighted by atomic mass is 32.2. The third-order valence-electron chi connectivity index (χ3n) is 0.682. The number of hydrogen-bond acceptors (Lipinski definition) is 3. The largest absolute Gasteiger partial charge is 0.411 e. The molecule has 0 saturated carbocycles. The maximum atomic E-state index is 8.67. The zero-order valence-corrected chi connectivity index (χ0v) is 6.63. The van der Waals surface area contributed by atoms with Gasteiger partial charge in [-0.3, -0.25) is 9.11 Å². The molecule has 0 fully saturated rings. The van der Waals surface area contributed by atoms with E-state index in [4.69, 9.17) is 18.5 Å². The van der Waals surface area contributed by atoms with Gasteiger partial charge in [-0.25, -0.2) is 0 Å². The van der Waals surface area contributed by atoms with Crippen molar-refractivity contribution in [2.75, 3.05) is 0 Å². The molecule has 0 saturated heterocycles. The van der Waals surface area contributed by atoms with Gasteiger partial charge in [0.05, 0.1) is 5.71 Å². The molecule has 0 unspecified atom stereocenters. The number of nitrogens with zero attached hydrogens (tertiary/aromatic N) is 1. The van der Waals surface area contributed by atoms with Gasteiger partial charge in [0, 0.05) is 0 Å². The summed E-state index contributed by atoms with van der Waals surface area (Å²) in [6.45, 7) is 3.72. The van der Waals surface area contributed by atoms with E-state index < -0.39 is 11.4 Å². The summed E-state index contributed by atoms with van der Waals surface area (Å²) < 4.78 is 22.8. The topological polar surface area (TPSA) is 90.1 Å². The molecule has 0 bridgehead atoms. The molecule has 0 aromatic heterocycles. The summed E-state index contributed by atoms with van der Waals surface area (Å²) in [5.74, 6) is 0. The summed E-state index contributed by atoms with van der Waals surface area (Å²) in [7, 11) is 0. The molecule has 10 heavy (non-hydrogen) atoms. The smallest absolute Gasteiger partial charge is 0.299 e. The Kier molecular flexibility index (Phi) is 10.5. The molecule has 0 aromatic rings. The molecule has 0 radical (unpaired) electrons. The van der Waals surface area contributed by atoms with Gasteiger partial charge in [-0.2, -0.15) is 4.21 Å². The van der Waals surface area contributed by atoms with Gasteiger partial charge in [0.2, 0.25) is 0 Å². The van der Waals surface area contributed by atoms with Crippen molar-refractivity contribution >= 4 is 17.1 Å². The van der Waals surface area contributed by atoms with Crippen LogP contribution in [0.1, 0.15) is 20.3 Å². The van der Waals surface area contributed by atoms with Gasteiger partial charge in [-0.1, -0.05) is 12.1 Å². The van der Waals surface area contributed by atoms with Crippen LogP contribution in [0.4, 0.5) is 0 Å². The van der Waals surface area contributed by atoms with Crippen LogP contribution < -0.4 is 0 Å². The second kappa shape index (κ2) is 8.54. The molecule has 0 aliphatic heterocycles. The van der Waals surface area contributed by atoms with Crippen LogP contribution in [-0.4, -0.2) is 24.2 Å². The third kappa shape index (κ3) is 25.7.